The Morgan fingerprint density at radius 3 is 2.45 bits per heavy atom. The molecule has 0 bridgehead atoms. The van der Waals surface area contributed by atoms with Crippen molar-refractivity contribution in [3.63, 3.8) is 0 Å². The van der Waals surface area contributed by atoms with Crippen LogP contribution in [0.3, 0.4) is 0 Å². The van der Waals surface area contributed by atoms with Crippen molar-refractivity contribution in [2.75, 3.05) is 11.5 Å². The molecule has 0 saturated carbocycles. The lowest BCUT2D eigenvalue weighted by molar-refractivity contribution is 0.301. The van der Waals surface area contributed by atoms with Gasteiger partial charge >= 0.3 is 0 Å². The molecule has 0 atom stereocenters. The SMILES string of the molecule is Nc1ncc(-c2ccc(OCc3ccccn3)cc2)c(N)n1. The Hall–Kier alpha value is -3.15. The number of aromatic nitrogens is 3. The monoisotopic (exact) mass is 293 g/mol. The number of nitrogens with two attached hydrogens (primary N) is 2. The van der Waals surface area contributed by atoms with E-state index in [1.165, 1.54) is 0 Å². The molecule has 0 aliphatic carbocycles. The molecule has 110 valence electrons. The topological polar surface area (TPSA) is 99.9 Å². The van der Waals surface area contributed by atoms with Gasteiger partial charge in [0, 0.05) is 18.0 Å². The summed E-state index contributed by atoms with van der Waals surface area (Å²) in [6.07, 6.45) is 3.35. The quantitative estimate of drug-likeness (QED) is 0.765. The Kier molecular flexibility index (Phi) is 3.82. The maximum Gasteiger partial charge on any atom is 0.221 e. The molecule has 1 aromatic carbocycles. The van der Waals surface area contributed by atoms with E-state index < -0.39 is 0 Å². The van der Waals surface area contributed by atoms with Crippen LogP contribution in [0.4, 0.5) is 11.8 Å². The number of hydrogen-bond acceptors (Lipinski definition) is 6. The Morgan fingerprint density at radius 2 is 1.77 bits per heavy atom. The normalized spacial score (nSPS) is 10.4. The lowest BCUT2D eigenvalue weighted by atomic mass is 10.1. The third-order valence-corrected chi connectivity index (χ3v) is 3.12. The van der Waals surface area contributed by atoms with Gasteiger partial charge < -0.3 is 16.2 Å². The van der Waals surface area contributed by atoms with Crippen LogP contribution >= 0.6 is 0 Å². The molecule has 2 aromatic heterocycles. The van der Waals surface area contributed by atoms with E-state index in [0.717, 1.165) is 22.6 Å². The number of anilines is 2. The summed E-state index contributed by atoms with van der Waals surface area (Å²) >= 11 is 0. The van der Waals surface area contributed by atoms with Crippen molar-refractivity contribution in [2.24, 2.45) is 0 Å². The van der Waals surface area contributed by atoms with Crippen LogP contribution in [0.5, 0.6) is 5.75 Å². The molecule has 0 amide bonds. The first-order valence-corrected chi connectivity index (χ1v) is 6.73. The zero-order valence-corrected chi connectivity index (χ0v) is 11.8. The maximum atomic E-state index is 5.86. The summed E-state index contributed by atoms with van der Waals surface area (Å²) in [5.74, 6) is 1.27. The predicted molar refractivity (Wildman–Crippen MR) is 84.9 cm³/mol. The highest BCUT2D eigenvalue weighted by molar-refractivity contribution is 5.73. The zero-order valence-electron chi connectivity index (χ0n) is 11.8. The van der Waals surface area contributed by atoms with Crippen molar-refractivity contribution in [1.82, 2.24) is 15.0 Å². The first kappa shape index (κ1) is 13.8. The Bertz CT molecular complexity index is 759. The molecule has 0 spiro atoms. The van der Waals surface area contributed by atoms with E-state index in [2.05, 4.69) is 15.0 Å². The van der Waals surface area contributed by atoms with Crippen LogP contribution in [0, 0.1) is 0 Å². The van der Waals surface area contributed by atoms with Crippen LogP contribution in [0.25, 0.3) is 11.1 Å². The van der Waals surface area contributed by atoms with Gasteiger partial charge in [-0.3, -0.25) is 4.98 Å². The van der Waals surface area contributed by atoms with Crippen LogP contribution in [-0.2, 0) is 6.61 Å². The number of nitrogen functional groups attached to an aromatic ring is 2. The summed E-state index contributed by atoms with van der Waals surface area (Å²) in [6.45, 7) is 0.424. The highest BCUT2D eigenvalue weighted by atomic mass is 16.5. The fourth-order valence-corrected chi connectivity index (χ4v) is 2.00. The van der Waals surface area contributed by atoms with E-state index in [1.54, 1.807) is 12.4 Å². The summed E-state index contributed by atoms with van der Waals surface area (Å²) in [5, 5.41) is 0. The standard InChI is InChI=1S/C16H15N5O/c17-15-14(9-20-16(18)21-15)11-4-6-13(7-5-11)22-10-12-3-1-2-8-19-12/h1-9H,10H2,(H4,17,18,20,21). The Labute approximate surface area is 127 Å². The fourth-order valence-electron chi connectivity index (χ4n) is 2.00. The molecule has 4 N–H and O–H groups in total. The summed E-state index contributed by atoms with van der Waals surface area (Å²) in [4.78, 5) is 12.1. The van der Waals surface area contributed by atoms with Crippen LogP contribution in [0.15, 0.2) is 54.9 Å². The largest absolute Gasteiger partial charge is 0.487 e. The average Bonchev–Trinajstić information content (AvgIpc) is 2.55. The van der Waals surface area contributed by atoms with Crippen LogP contribution in [0.1, 0.15) is 5.69 Å². The van der Waals surface area contributed by atoms with Gasteiger partial charge in [-0.1, -0.05) is 18.2 Å². The number of hydrogen-bond donors (Lipinski definition) is 2. The third kappa shape index (κ3) is 3.12. The van der Waals surface area contributed by atoms with Gasteiger partial charge in [0.2, 0.25) is 5.95 Å². The Morgan fingerprint density at radius 1 is 0.955 bits per heavy atom. The second-order valence-electron chi connectivity index (χ2n) is 4.66. The minimum Gasteiger partial charge on any atom is -0.487 e. The second-order valence-corrected chi connectivity index (χ2v) is 4.66. The van der Waals surface area contributed by atoms with Gasteiger partial charge in [-0.2, -0.15) is 4.98 Å². The van der Waals surface area contributed by atoms with E-state index in [4.69, 9.17) is 16.2 Å². The van der Waals surface area contributed by atoms with Crippen molar-refractivity contribution in [3.8, 4) is 16.9 Å². The van der Waals surface area contributed by atoms with E-state index in [0.29, 0.717) is 12.4 Å². The van der Waals surface area contributed by atoms with Gasteiger partial charge in [-0.05, 0) is 29.8 Å². The maximum absolute atomic E-state index is 5.86. The minimum atomic E-state index is 0.163. The van der Waals surface area contributed by atoms with Crippen molar-refractivity contribution >= 4 is 11.8 Å². The van der Waals surface area contributed by atoms with E-state index >= 15 is 0 Å². The smallest absolute Gasteiger partial charge is 0.221 e. The fraction of sp³-hybridized carbons (Fsp3) is 0.0625. The van der Waals surface area contributed by atoms with Gasteiger partial charge in [0.05, 0.1) is 5.69 Å². The highest BCUT2D eigenvalue weighted by Gasteiger charge is 2.06. The lowest BCUT2D eigenvalue weighted by Gasteiger charge is -2.08. The summed E-state index contributed by atoms with van der Waals surface area (Å²) in [7, 11) is 0. The van der Waals surface area contributed by atoms with Gasteiger partial charge in [-0.15, -0.1) is 0 Å². The van der Waals surface area contributed by atoms with Gasteiger partial charge in [-0.25, -0.2) is 4.98 Å². The summed E-state index contributed by atoms with van der Waals surface area (Å²) in [5.41, 5.74) is 13.9. The summed E-state index contributed by atoms with van der Waals surface area (Å²) in [6, 6.07) is 13.3. The molecule has 0 radical (unpaired) electrons. The van der Waals surface area contributed by atoms with Crippen molar-refractivity contribution in [1.29, 1.82) is 0 Å². The molecule has 6 nitrogen and oxygen atoms in total. The van der Waals surface area contributed by atoms with Crippen molar-refractivity contribution in [2.45, 2.75) is 6.61 Å². The first-order chi connectivity index (χ1) is 10.7. The number of nitrogens with zero attached hydrogens (tertiary/aromatic N) is 3. The zero-order chi connectivity index (χ0) is 15.4. The van der Waals surface area contributed by atoms with Gasteiger partial charge in [0.25, 0.3) is 0 Å². The molecule has 0 aliphatic heterocycles. The van der Waals surface area contributed by atoms with E-state index in [-0.39, 0.29) is 5.95 Å². The summed E-state index contributed by atoms with van der Waals surface area (Å²) < 4.78 is 5.69. The van der Waals surface area contributed by atoms with Gasteiger partial charge in [0.1, 0.15) is 18.2 Å². The van der Waals surface area contributed by atoms with E-state index in [9.17, 15) is 0 Å². The van der Waals surface area contributed by atoms with E-state index in [1.807, 2.05) is 42.5 Å². The second kappa shape index (κ2) is 6.09. The molecule has 2 heterocycles. The number of pyridine rings is 1. The highest BCUT2D eigenvalue weighted by Crippen LogP contribution is 2.26. The Balaban J connectivity index is 1.72. The molecule has 0 unspecified atom stereocenters. The number of benzene rings is 1. The van der Waals surface area contributed by atoms with Crippen LogP contribution in [0.2, 0.25) is 0 Å². The molecule has 0 aliphatic rings. The van der Waals surface area contributed by atoms with Crippen molar-refractivity contribution in [3.05, 3.63) is 60.6 Å². The molecule has 6 heteroatoms. The molecule has 22 heavy (non-hydrogen) atoms. The number of rotatable bonds is 4. The first-order valence-electron chi connectivity index (χ1n) is 6.73. The third-order valence-electron chi connectivity index (χ3n) is 3.12. The van der Waals surface area contributed by atoms with Crippen LogP contribution in [-0.4, -0.2) is 15.0 Å². The lowest BCUT2D eigenvalue weighted by Crippen LogP contribution is -2.01. The molecule has 3 rings (SSSR count). The molecule has 3 aromatic rings. The molecular formula is C16H15N5O. The number of ether oxygens (including phenoxy) is 1. The van der Waals surface area contributed by atoms with Crippen LogP contribution < -0.4 is 16.2 Å². The minimum absolute atomic E-state index is 0.163. The predicted octanol–water partition coefficient (Wildman–Crippen LogP) is 2.28. The molecule has 0 saturated heterocycles. The molecule has 0 fully saturated rings. The molecular weight excluding hydrogens is 278 g/mol. The average molecular weight is 293 g/mol. The van der Waals surface area contributed by atoms with Gasteiger partial charge in [0.15, 0.2) is 0 Å². The van der Waals surface area contributed by atoms with Crippen molar-refractivity contribution < 1.29 is 4.74 Å².